The first-order valence-electron chi connectivity index (χ1n) is 6.77. The van der Waals surface area contributed by atoms with Crippen molar-refractivity contribution in [2.75, 3.05) is 13.2 Å². The molecular weight excluding hydrogens is 216 g/mol. The van der Waals surface area contributed by atoms with Crippen LogP contribution < -0.4 is 4.74 Å². The largest absolute Gasteiger partial charge is 0.491 e. The van der Waals surface area contributed by atoms with Crippen molar-refractivity contribution in [3.8, 4) is 5.75 Å². The molecular formula is C14H20O3. The lowest BCUT2D eigenvalue weighted by Crippen LogP contribution is -2.25. The van der Waals surface area contributed by atoms with Crippen LogP contribution in [0.2, 0.25) is 0 Å². The van der Waals surface area contributed by atoms with Crippen LogP contribution in [0.5, 0.6) is 5.75 Å². The topological polar surface area (TPSA) is 27.7 Å². The number of hydrogen-bond donors (Lipinski definition) is 0. The van der Waals surface area contributed by atoms with Crippen LogP contribution in [0.15, 0.2) is 18.2 Å². The van der Waals surface area contributed by atoms with E-state index in [0.717, 1.165) is 11.1 Å². The van der Waals surface area contributed by atoms with E-state index in [-0.39, 0.29) is 6.61 Å². The maximum absolute atomic E-state index is 8.02. The van der Waals surface area contributed by atoms with Crippen LogP contribution in [-0.4, -0.2) is 25.1 Å². The monoisotopic (exact) mass is 238 g/mol. The highest BCUT2D eigenvalue weighted by Crippen LogP contribution is 2.23. The molecule has 1 aromatic rings. The van der Waals surface area contributed by atoms with Gasteiger partial charge in [0.2, 0.25) is 0 Å². The van der Waals surface area contributed by atoms with E-state index in [1.807, 2.05) is 32.0 Å². The van der Waals surface area contributed by atoms with E-state index in [1.54, 1.807) is 13.8 Å². The Kier molecular flexibility index (Phi) is 2.72. The second kappa shape index (κ2) is 4.67. The molecule has 0 amide bonds. The average Bonchev–Trinajstić information content (AvgIpc) is 2.57. The fourth-order valence-electron chi connectivity index (χ4n) is 1.87. The van der Waals surface area contributed by atoms with E-state index in [9.17, 15) is 0 Å². The van der Waals surface area contributed by atoms with Crippen LogP contribution in [0, 0.1) is 13.8 Å². The average molecular weight is 238 g/mol. The maximum atomic E-state index is 8.02. The van der Waals surface area contributed by atoms with Gasteiger partial charge in [0.15, 0.2) is 5.79 Å². The van der Waals surface area contributed by atoms with Gasteiger partial charge in [0.05, 0.1) is 9.35 Å². The van der Waals surface area contributed by atoms with Gasteiger partial charge < -0.3 is 14.2 Å². The van der Waals surface area contributed by atoms with E-state index < -0.39 is 18.5 Å². The third kappa shape index (κ3) is 3.45. The first kappa shape index (κ1) is 9.92. The standard InChI is InChI=1S/C14H20O3/c1-10-5-11(2)7-12(6-10)15-8-13-9-16-14(3,4)17-13/h5-7,13H,8-9H2,1-4H3/i8D2. The fraction of sp³-hybridized carbons (Fsp3) is 0.571. The molecule has 0 aliphatic carbocycles. The van der Waals surface area contributed by atoms with Crippen molar-refractivity contribution >= 4 is 0 Å². The third-order valence-corrected chi connectivity index (χ3v) is 2.51. The Morgan fingerprint density at radius 3 is 2.53 bits per heavy atom. The van der Waals surface area contributed by atoms with E-state index in [4.69, 9.17) is 17.0 Å². The summed E-state index contributed by atoms with van der Waals surface area (Å²) in [6.45, 7) is 5.69. The number of rotatable bonds is 3. The van der Waals surface area contributed by atoms with Gasteiger partial charge in [-0.05, 0) is 51.0 Å². The SMILES string of the molecule is [2H]C([2H])(Oc1cc(C)cc(C)c1)C1COC(C)(C)O1. The molecule has 0 N–H and O–H groups in total. The highest BCUT2D eigenvalue weighted by molar-refractivity contribution is 5.32. The predicted octanol–water partition coefficient (Wildman–Crippen LogP) is 2.83. The molecule has 1 aliphatic heterocycles. The molecule has 0 spiro atoms. The Morgan fingerprint density at radius 2 is 2.00 bits per heavy atom. The summed E-state index contributed by atoms with van der Waals surface area (Å²) in [4.78, 5) is 0. The lowest BCUT2D eigenvalue weighted by Gasteiger charge is -2.17. The normalized spacial score (nSPS) is 25.3. The summed E-state index contributed by atoms with van der Waals surface area (Å²) in [5.41, 5.74) is 2.07. The van der Waals surface area contributed by atoms with Gasteiger partial charge >= 0.3 is 0 Å². The summed E-state index contributed by atoms with van der Waals surface area (Å²) in [5.74, 6) is -0.250. The number of ether oxygens (including phenoxy) is 3. The molecule has 17 heavy (non-hydrogen) atoms. The fourth-order valence-corrected chi connectivity index (χ4v) is 1.87. The molecule has 0 aromatic heterocycles. The Balaban J connectivity index is 2.12. The molecule has 2 rings (SSSR count). The number of benzene rings is 1. The molecule has 0 saturated carbocycles. The summed E-state index contributed by atoms with van der Waals surface area (Å²) < 4.78 is 32.4. The van der Waals surface area contributed by atoms with Gasteiger partial charge in [-0.3, -0.25) is 0 Å². The van der Waals surface area contributed by atoms with Crippen LogP contribution in [0.25, 0.3) is 0 Å². The molecule has 3 nitrogen and oxygen atoms in total. The van der Waals surface area contributed by atoms with E-state index in [0.29, 0.717) is 5.75 Å². The maximum Gasteiger partial charge on any atom is 0.163 e. The summed E-state index contributed by atoms with van der Waals surface area (Å²) in [5, 5.41) is 0. The van der Waals surface area contributed by atoms with Gasteiger partial charge in [-0.1, -0.05) is 6.07 Å². The van der Waals surface area contributed by atoms with Crippen molar-refractivity contribution < 1.29 is 17.0 Å². The highest BCUT2D eigenvalue weighted by atomic mass is 16.7. The van der Waals surface area contributed by atoms with E-state index >= 15 is 0 Å². The Hall–Kier alpha value is -1.06. The lowest BCUT2D eigenvalue weighted by atomic mass is 10.1. The van der Waals surface area contributed by atoms with Gasteiger partial charge in [0.1, 0.15) is 18.4 Å². The summed E-state index contributed by atoms with van der Waals surface area (Å²) >= 11 is 0. The van der Waals surface area contributed by atoms with Crippen molar-refractivity contribution in [2.45, 2.75) is 39.6 Å². The molecule has 3 heteroatoms. The van der Waals surface area contributed by atoms with Gasteiger partial charge in [-0.15, -0.1) is 0 Å². The van der Waals surface area contributed by atoms with Crippen LogP contribution in [-0.2, 0) is 9.47 Å². The Morgan fingerprint density at radius 1 is 1.35 bits per heavy atom. The Labute approximate surface area is 105 Å². The molecule has 1 atom stereocenters. The zero-order valence-electron chi connectivity index (χ0n) is 12.7. The van der Waals surface area contributed by atoms with Gasteiger partial charge in [-0.25, -0.2) is 0 Å². The molecule has 94 valence electrons. The minimum Gasteiger partial charge on any atom is -0.491 e. The predicted molar refractivity (Wildman–Crippen MR) is 66.3 cm³/mol. The van der Waals surface area contributed by atoms with Gasteiger partial charge in [-0.2, -0.15) is 0 Å². The summed E-state index contributed by atoms with van der Waals surface area (Å²) in [6, 6.07) is 5.64. The van der Waals surface area contributed by atoms with Crippen molar-refractivity contribution in [1.82, 2.24) is 0 Å². The van der Waals surface area contributed by atoms with Crippen LogP contribution in [0.3, 0.4) is 0 Å². The molecule has 0 bridgehead atoms. The first-order valence-corrected chi connectivity index (χ1v) is 5.77. The molecule has 0 radical (unpaired) electrons. The first-order chi connectivity index (χ1) is 8.68. The molecule has 1 heterocycles. The van der Waals surface area contributed by atoms with E-state index in [1.165, 1.54) is 0 Å². The lowest BCUT2D eigenvalue weighted by molar-refractivity contribution is -0.141. The van der Waals surface area contributed by atoms with Crippen molar-refractivity contribution in [2.24, 2.45) is 0 Å². The van der Waals surface area contributed by atoms with E-state index in [2.05, 4.69) is 0 Å². The molecule has 1 aliphatic rings. The highest BCUT2D eigenvalue weighted by Gasteiger charge is 2.32. The second-order valence-corrected chi connectivity index (χ2v) is 4.86. The molecule has 1 saturated heterocycles. The third-order valence-electron chi connectivity index (χ3n) is 2.51. The minimum atomic E-state index is -1.92. The molecule has 1 aromatic carbocycles. The van der Waals surface area contributed by atoms with Crippen molar-refractivity contribution in [1.29, 1.82) is 0 Å². The zero-order chi connectivity index (χ0) is 14.3. The zero-order valence-corrected chi connectivity index (χ0v) is 10.7. The molecule has 1 fully saturated rings. The Bertz CT molecular complexity index is 452. The smallest absolute Gasteiger partial charge is 0.163 e. The van der Waals surface area contributed by atoms with Gasteiger partial charge in [0.25, 0.3) is 0 Å². The quantitative estimate of drug-likeness (QED) is 0.810. The number of aryl methyl sites for hydroxylation is 2. The molecule has 1 unspecified atom stereocenters. The van der Waals surface area contributed by atoms with Gasteiger partial charge in [0, 0.05) is 0 Å². The van der Waals surface area contributed by atoms with Crippen molar-refractivity contribution in [3.05, 3.63) is 29.3 Å². The van der Waals surface area contributed by atoms with Crippen molar-refractivity contribution in [3.63, 3.8) is 0 Å². The van der Waals surface area contributed by atoms with Crippen LogP contribution in [0.1, 0.15) is 27.7 Å². The number of hydrogen-bond acceptors (Lipinski definition) is 3. The van der Waals surface area contributed by atoms with Crippen LogP contribution >= 0.6 is 0 Å². The second-order valence-electron chi connectivity index (χ2n) is 4.86. The van der Waals surface area contributed by atoms with Crippen LogP contribution in [0.4, 0.5) is 0 Å². The minimum absolute atomic E-state index is 0.185. The summed E-state index contributed by atoms with van der Waals surface area (Å²) in [7, 11) is 0. The summed E-state index contributed by atoms with van der Waals surface area (Å²) in [6.07, 6.45) is -0.733.